The Morgan fingerprint density at radius 1 is 1.40 bits per heavy atom. The number of amides is 1. The summed E-state index contributed by atoms with van der Waals surface area (Å²) in [6, 6.07) is 4.87. The highest BCUT2D eigenvalue weighted by atomic mass is 32.1. The first-order valence-electron chi connectivity index (χ1n) is 7.84. The molecule has 1 aliphatic heterocycles. The van der Waals surface area contributed by atoms with Crippen LogP contribution in [-0.4, -0.2) is 39.5 Å². The van der Waals surface area contributed by atoms with Crippen molar-refractivity contribution in [3.05, 3.63) is 45.7 Å². The number of carbonyl (C=O) groups is 2. The minimum atomic E-state index is -0.979. The van der Waals surface area contributed by atoms with Crippen molar-refractivity contribution in [2.45, 2.75) is 32.4 Å². The van der Waals surface area contributed by atoms with Gasteiger partial charge in [-0.2, -0.15) is 0 Å². The maximum Gasteiger partial charge on any atom is 0.326 e. The molecule has 0 bridgehead atoms. The van der Waals surface area contributed by atoms with Gasteiger partial charge in [-0.15, -0.1) is 11.3 Å². The number of hydrogen-bond acceptors (Lipinski definition) is 5. The van der Waals surface area contributed by atoms with Crippen molar-refractivity contribution in [2.75, 3.05) is 6.54 Å². The molecule has 1 aromatic heterocycles. The van der Waals surface area contributed by atoms with E-state index in [2.05, 4.69) is 4.98 Å². The van der Waals surface area contributed by atoms with Crippen molar-refractivity contribution < 1.29 is 23.8 Å². The summed E-state index contributed by atoms with van der Waals surface area (Å²) in [5.74, 6) is -1.11. The molecule has 132 valence electrons. The van der Waals surface area contributed by atoms with E-state index in [0.29, 0.717) is 40.7 Å². The number of carboxylic acid groups (broad SMARTS) is 1. The van der Waals surface area contributed by atoms with Gasteiger partial charge in [0.2, 0.25) is 0 Å². The fourth-order valence-corrected chi connectivity index (χ4v) is 3.72. The Balaban J connectivity index is 1.70. The number of benzene rings is 1. The number of hydrogen-bond donors (Lipinski definition) is 1. The van der Waals surface area contributed by atoms with Crippen molar-refractivity contribution in [1.29, 1.82) is 0 Å². The van der Waals surface area contributed by atoms with Gasteiger partial charge in [0.25, 0.3) is 5.91 Å². The number of aromatic nitrogens is 1. The van der Waals surface area contributed by atoms with Crippen molar-refractivity contribution in [1.82, 2.24) is 9.88 Å². The third-order valence-electron chi connectivity index (χ3n) is 4.01. The molecule has 0 unspecified atom stereocenters. The zero-order chi connectivity index (χ0) is 18.0. The lowest BCUT2D eigenvalue weighted by atomic mass is 10.2. The van der Waals surface area contributed by atoms with Gasteiger partial charge in [0.15, 0.2) is 0 Å². The molecule has 8 heteroatoms. The summed E-state index contributed by atoms with van der Waals surface area (Å²) in [5, 5.41) is 9.84. The molecule has 3 rings (SSSR count). The summed E-state index contributed by atoms with van der Waals surface area (Å²) >= 11 is 1.20. The summed E-state index contributed by atoms with van der Waals surface area (Å²) in [5.41, 5.74) is 0.559. The number of ether oxygens (including phenoxy) is 1. The van der Waals surface area contributed by atoms with Crippen LogP contribution in [0.1, 0.15) is 33.2 Å². The number of likely N-dealkylation sites (tertiary alicyclic amines) is 1. The number of aryl methyl sites for hydroxylation is 1. The normalized spacial score (nSPS) is 16.9. The molecule has 1 N–H and O–H groups in total. The predicted octanol–water partition coefficient (Wildman–Crippen LogP) is 2.86. The number of rotatable bonds is 5. The summed E-state index contributed by atoms with van der Waals surface area (Å²) in [4.78, 5) is 30.1. The first-order chi connectivity index (χ1) is 12.0. The van der Waals surface area contributed by atoms with E-state index in [4.69, 9.17) is 4.74 Å². The van der Waals surface area contributed by atoms with E-state index in [1.54, 1.807) is 6.92 Å². The molecule has 1 fully saturated rings. The molecule has 25 heavy (non-hydrogen) atoms. The Labute approximate surface area is 147 Å². The third-order valence-corrected chi connectivity index (χ3v) is 5.13. The molecule has 6 nitrogen and oxygen atoms in total. The second kappa shape index (κ2) is 7.18. The van der Waals surface area contributed by atoms with Crippen LogP contribution in [0, 0.1) is 12.7 Å². The first kappa shape index (κ1) is 17.3. The van der Waals surface area contributed by atoms with Crippen LogP contribution in [0.3, 0.4) is 0 Å². The van der Waals surface area contributed by atoms with Crippen molar-refractivity contribution >= 4 is 23.2 Å². The van der Waals surface area contributed by atoms with Gasteiger partial charge < -0.3 is 14.7 Å². The van der Waals surface area contributed by atoms with Crippen LogP contribution in [0.5, 0.6) is 5.75 Å². The van der Waals surface area contributed by atoms with Gasteiger partial charge in [0.05, 0.1) is 5.69 Å². The highest BCUT2D eigenvalue weighted by molar-refractivity contribution is 7.13. The highest BCUT2D eigenvalue weighted by Gasteiger charge is 2.35. The van der Waals surface area contributed by atoms with E-state index >= 15 is 0 Å². The van der Waals surface area contributed by atoms with Crippen LogP contribution in [0.4, 0.5) is 4.39 Å². The van der Waals surface area contributed by atoms with E-state index in [9.17, 15) is 19.1 Å². The molecule has 1 aliphatic rings. The lowest BCUT2D eigenvalue weighted by Gasteiger charge is -2.20. The summed E-state index contributed by atoms with van der Waals surface area (Å²) < 4.78 is 18.4. The second-order valence-electron chi connectivity index (χ2n) is 5.76. The quantitative estimate of drug-likeness (QED) is 0.882. The summed E-state index contributed by atoms with van der Waals surface area (Å²) in [6.45, 7) is 2.32. The average molecular weight is 364 g/mol. The van der Waals surface area contributed by atoms with Gasteiger partial charge >= 0.3 is 5.97 Å². The Morgan fingerprint density at radius 3 is 2.80 bits per heavy atom. The molecular weight excluding hydrogens is 347 g/mol. The molecule has 0 spiro atoms. The molecular formula is C17H17FN2O4S. The number of carbonyl (C=O) groups excluding carboxylic acids is 1. The second-order valence-corrected chi connectivity index (χ2v) is 6.84. The molecule has 1 atom stereocenters. The molecule has 2 aromatic rings. The average Bonchev–Trinajstić information content (AvgIpc) is 3.20. The fourth-order valence-electron chi connectivity index (χ4n) is 2.79. The summed E-state index contributed by atoms with van der Waals surface area (Å²) in [7, 11) is 0. The number of nitrogens with zero attached hydrogens (tertiary/aromatic N) is 2. The van der Waals surface area contributed by atoms with Crippen LogP contribution in [-0.2, 0) is 11.4 Å². The molecule has 0 radical (unpaired) electrons. The Bertz CT molecular complexity index is 790. The number of aliphatic carboxylic acids is 1. The van der Waals surface area contributed by atoms with Gasteiger partial charge in [0, 0.05) is 6.54 Å². The molecule has 1 aromatic carbocycles. The standard InChI is InChI=1S/C17H17FN2O4S/c1-10-15(16(21)20-8-2-3-13(20)17(22)23)25-14(19-10)9-24-12-6-4-11(18)5-7-12/h4-7,13H,2-3,8-9H2,1H3,(H,22,23)/t13-/m1/s1. The molecule has 1 saturated heterocycles. The maximum atomic E-state index is 12.9. The van der Waals surface area contributed by atoms with Crippen LogP contribution in [0.25, 0.3) is 0 Å². The zero-order valence-corrected chi connectivity index (χ0v) is 14.4. The van der Waals surface area contributed by atoms with Crippen molar-refractivity contribution in [2.24, 2.45) is 0 Å². The van der Waals surface area contributed by atoms with Gasteiger partial charge in [-0.25, -0.2) is 14.2 Å². The third kappa shape index (κ3) is 3.79. The number of carboxylic acids is 1. The Morgan fingerprint density at radius 2 is 2.12 bits per heavy atom. The van der Waals surface area contributed by atoms with Gasteiger partial charge in [-0.1, -0.05) is 0 Å². The van der Waals surface area contributed by atoms with E-state index in [-0.39, 0.29) is 18.3 Å². The van der Waals surface area contributed by atoms with Gasteiger partial charge in [0.1, 0.15) is 34.1 Å². The van der Waals surface area contributed by atoms with E-state index in [1.807, 2.05) is 0 Å². The minimum Gasteiger partial charge on any atom is -0.486 e. The van der Waals surface area contributed by atoms with Crippen molar-refractivity contribution in [3.63, 3.8) is 0 Å². The summed E-state index contributed by atoms with van der Waals surface area (Å²) in [6.07, 6.45) is 1.15. The lowest BCUT2D eigenvalue weighted by molar-refractivity contribution is -0.141. The van der Waals surface area contributed by atoms with Crippen molar-refractivity contribution in [3.8, 4) is 5.75 Å². The van der Waals surface area contributed by atoms with Crippen LogP contribution < -0.4 is 4.74 Å². The number of halogens is 1. The van der Waals surface area contributed by atoms with Gasteiger partial charge in [-0.05, 0) is 44.0 Å². The Kier molecular flexibility index (Phi) is 4.98. The smallest absolute Gasteiger partial charge is 0.326 e. The highest BCUT2D eigenvalue weighted by Crippen LogP contribution is 2.26. The SMILES string of the molecule is Cc1nc(COc2ccc(F)cc2)sc1C(=O)N1CCC[C@@H]1C(=O)O. The maximum absolute atomic E-state index is 12.9. The largest absolute Gasteiger partial charge is 0.486 e. The predicted molar refractivity (Wildman–Crippen MR) is 89.3 cm³/mol. The van der Waals surface area contributed by atoms with Crippen LogP contribution in [0.15, 0.2) is 24.3 Å². The molecule has 2 heterocycles. The molecule has 0 aliphatic carbocycles. The zero-order valence-electron chi connectivity index (χ0n) is 13.6. The topological polar surface area (TPSA) is 79.7 Å². The minimum absolute atomic E-state index is 0.160. The van der Waals surface area contributed by atoms with E-state index in [1.165, 1.54) is 40.5 Å². The van der Waals surface area contributed by atoms with E-state index in [0.717, 1.165) is 0 Å². The molecule has 1 amide bonds. The first-order valence-corrected chi connectivity index (χ1v) is 8.66. The lowest BCUT2D eigenvalue weighted by Crippen LogP contribution is -2.40. The fraction of sp³-hybridized carbons (Fsp3) is 0.353. The Hall–Kier alpha value is -2.48. The van der Waals surface area contributed by atoms with Crippen LogP contribution in [0.2, 0.25) is 0 Å². The van der Waals surface area contributed by atoms with Gasteiger partial charge in [-0.3, -0.25) is 4.79 Å². The van der Waals surface area contributed by atoms with E-state index < -0.39 is 12.0 Å². The monoisotopic (exact) mass is 364 g/mol. The number of thiazole rings is 1. The molecule has 0 saturated carbocycles. The van der Waals surface area contributed by atoms with Crippen LogP contribution >= 0.6 is 11.3 Å².